The van der Waals surface area contributed by atoms with E-state index < -0.39 is 0 Å². The zero-order chi connectivity index (χ0) is 14.5. The predicted molar refractivity (Wildman–Crippen MR) is 85.5 cm³/mol. The second-order valence-electron chi connectivity index (χ2n) is 5.32. The number of rotatable bonds is 5. The van der Waals surface area contributed by atoms with Crippen molar-refractivity contribution in [3.63, 3.8) is 0 Å². The Morgan fingerprint density at radius 3 is 2.85 bits per heavy atom. The molecule has 5 heteroatoms. The standard InChI is InChI=1S/C15H21BrClNO2/c1-18(13-4-2-3-5-14(13)19)8-9-20-15-7-6-11(17)10-12(15)16/h6-7,10,13-14,19H,2-5,8-9H2,1H3. The normalized spacial score (nSPS) is 23.1. The average Bonchev–Trinajstić information content (AvgIpc) is 2.41. The SMILES string of the molecule is CN(CCOc1ccc(Cl)cc1Br)C1CCCCC1O. The topological polar surface area (TPSA) is 32.7 Å². The van der Waals surface area contributed by atoms with E-state index in [-0.39, 0.29) is 12.1 Å². The number of nitrogens with zero attached hydrogens (tertiary/aromatic N) is 1. The Labute approximate surface area is 134 Å². The van der Waals surface area contributed by atoms with Crippen molar-refractivity contribution < 1.29 is 9.84 Å². The molecular formula is C15H21BrClNO2. The van der Waals surface area contributed by atoms with E-state index in [4.69, 9.17) is 16.3 Å². The number of hydrogen-bond acceptors (Lipinski definition) is 3. The first-order valence-electron chi connectivity index (χ1n) is 7.04. The molecule has 0 saturated heterocycles. The molecule has 0 heterocycles. The molecule has 1 saturated carbocycles. The summed E-state index contributed by atoms with van der Waals surface area (Å²) in [7, 11) is 2.06. The lowest BCUT2D eigenvalue weighted by Crippen LogP contribution is -2.44. The van der Waals surface area contributed by atoms with Gasteiger partial charge in [-0.1, -0.05) is 24.4 Å². The van der Waals surface area contributed by atoms with Crippen LogP contribution in [0.5, 0.6) is 5.75 Å². The summed E-state index contributed by atoms with van der Waals surface area (Å²) in [5, 5.41) is 10.7. The van der Waals surface area contributed by atoms with E-state index in [1.165, 1.54) is 6.42 Å². The Bertz CT molecular complexity index is 444. The highest BCUT2D eigenvalue weighted by molar-refractivity contribution is 9.10. The van der Waals surface area contributed by atoms with Gasteiger partial charge in [0.05, 0.1) is 10.6 Å². The zero-order valence-corrected chi connectivity index (χ0v) is 14.0. The minimum absolute atomic E-state index is 0.198. The van der Waals surface area contributed by atoms with Gasteiger partial charge in [-0.3, -0.25) is 4.90 Å². The van der Waals surface area contributed by atoms with Gasteiger partial charge in [0, 0.05) is 17.6 Å². The van der Waals surface area contributed by atoms with Crippen LogP contribution in [0.15, 0.2) is 22.7 Å². The lowest BCUT2D eigenvalue weighted by molar-refractivity contribution is 0.0272. The van der Waals surface area contributed by atoms with Gasteiger partial charge in [0.2, 0.25) is 0 Å². The van der Waals surface area contributed by atoms with Crippen molar-refractivity contribution in [1.82, 2.24) is 4.90 Å². The molecule has 20 heavy (non-hydrogen) atoms. The molecule has 2 rings (SSSR count). The van der Waals surface area contributed by atoms with Gasteiger partial charge in [0.25, 0.3) is 0 Å². The summed E-state index contributed by atoms with van der Waals surface area (Å²) in [6.07, 6.45) is 4.13. The number of aliphatic hydroxyl groups excluding tert-OH is 1. The molecule has 0 aliphatic heterocycles. The number of aliphatic hydroxyl groups is 1. The van der Waals surface area contributed by atoms with Gasteiger partial charge in [-0.25, -0.2) is 0 Å². The summed E-state index contributed by atoms with van der Waals surface area (Å²) in [4.78, 5) is 2.20. The van der Waals surface area contributed by atoms with Crippen LogP contribution >= 0.6 is 27.5 Å². The van der Waals surface area contributed by atoms with Crippen LogP contribution in [0.1, 0.15) is 25.7 Å². The van der Waals surface area contributed by atoms with Crippen molar-refractivity contribution in [3.8, 4) is 5.75 Å². The third kappa shape index (κ3) is 4.35. The molecule has 1 fully saturated rings. The molecule has 0 spiro atoms. The Hall–Kier alpha value is -0.290. The summed E-state index contributed by atoms with van der Waals surface area (Å²) < 4.78 is 6.63. The number of halogens is 2. The summed E-state index contributed by atoms with van der Waals surface area (Å²) in [6.45, 7) is 1.40. The van der Waals surface area contributed by atoms with E-state index in [1.807, 2.05) is 18.2 Å². The number of ether oxygens (including phenoxy) is 1. The maximum Gasteiger partial charge on any atom is 0.133 e. The molecule has 3 nitrogen and oxygen atoms in total. The Balaban J connectivity index is 1.80. The van der Waals surface area contributed by atoms with Gasteiger partial charge < -0.3 is 9.84 Å². The van der Waals surface area contributed by atoms with Crippen molar-refractivity contribution in [2.24, 2.45) is 0 Å². The Kier molecular flexibility index (Phi) is 6.15. The van der Waals surface area contributed by atoms with Crippen LogP contribution in [0.2, 0.25) is 5.02 Å². The molecule has 0 bridgehead atoms. The molecule has 0 aromatic heterocycles. The molecule has 2 unspecified atom stereocenters. The number of likely N-dealkylation sites (N-methyl/N-ethyl adjacent to an activating group) is 1. The highest BCUT2D eigenvalue weighted by Crippen LogP contribution is 2.28. The summed E-state index contributed by atoms with van der Waals surface area (Å²) in [6, 6.07) is 5.77. The van der Waals surface area contributed by atoms with Crippen LogP contribution in [0.3, 0.4) is 0 Å². The summed E-state index contributed by atoms with van der Waals surface area (Å²) >= 11 is 9.33. The fraction of sp³-hybridized carbons (Fsp3) is 0.600. The first kappa shape index (κ1) is 16.1. The van der Waals surface area contributed by atoms with Crippen LogP contribution in [0, 0.1) is 0 Å². The number of benzene rings is 1. The monoisotopic (exact) mass is 361 g/mol. The minimum Gasteiger partial charge on any atom is -0.491 e. The molecule has 112 valence electrons. The highest BCUT2D eigenvalue weighted by atomic mass is 79.9. The van der Waals surface area contributed by atoms with Crippen LogP contribution in [0.25, 0.3) is 0 Å². The van der Waals surface area contributed by atoms with Crippen molar-refractivity contribution in [3.05, 3.63) is 27.7 Å². The van der Waals surface area contributed by atoms with Crippen molar-refractivity contribution in [2.45, 2.75) is 37.8 Å². The molecule has 2 atom stereocenters. The minimum atomic E-state index is -0.198. The van der Waals surface area contributed by atoms with E-state index in [9.17, 15) is 5.11 Å². The van der Waals surface area contributed by atoms with Crippen LogP contribution in [-0.2, 0) is 0 Å². The molecule has 0 radical (unpaired) electrons. The zero-order valence-electron chi connectivity index (χ0n) is 11.7. The van der Waals surface area contributed by atoms with Crippen LogP contribution in [0.4, 0.5) is 0 Å². The van der Waals surface area contributed by atoms with Gasteiger partial charge in [-0.15, -0.1) is 0 Å². The second kappa shape index (κ2) is 7.64. The average molecular weight is 363 g/mol. The van der Waals surface area contributed by atoms with Gasteiger partial charge in [-0.2, -0.15) is 0 Å². The molecular weight excluding hydrogens is 342 g/mol. The van der Waals surface area contributed by atoms with Crippen LogP contribution in [-0.4, -0.2) is 42.4 Å². The second-order valence-corrected chi connectivity index (χ2v) is 6.61. The summed E-state index contributed by atoms with van der Waals surface area (Å²) in [5.74, 6) is 0.798. The Morgan fingerprint density at radius 1 is 1.40 bits per heavy atom. The van der Waals surface area contributed by atoms with E-state index in [2.05, 4.69) is 27.9 Å². The molecule has 0 amide bonds. The Morgan fingerprint density at radius 2 is 2.15 bits per heavy atom. The van der Waals surface area contributed by atoms with E-state index in [1.54, 1.807) is 0 Å². The van der Waals surface area contributed by atoms with Crippen LogP contribution < -0.4 is 4.74 Å². The predicted octanol–water partition coefficient (Wildman–Crippen LogP) is 3.72. The lowest BCUT2D eigenvalue weighted by Gasteiger charge is -2.35. The fourth-order valence-corrected chi connectivity index (χ4v) is 3.46. The molecule has 1 aliphatic rings. The lowest BCUT2D eigenvalue weighted by atomic mass is 9.92. The quantitative estimate of drug-likeness (QED) is 0.866. The van der Waals surface area contributed by atoms with E-state index in [0.29, 0.717) is 11.6 Å². The van der Waals surface area contributed by atoms with E-state index in [0.717, 1.165) is 36.0 Å². The molecule has 1 aromatic carbocycles. The molecule has 1 N–H and O–H groups in total. The third-order valence-corrected chi connectivity index (χ3v) is 4.71. The van der Waals surface area contributed by atoms with Gasteiger partial charge in [-0.05, 0) is 54.0 Å². The van der Waals surface area contributed by atoms with Crippen molar-refractivity contribution in [2.75, 3.05) is 20.2 Å². The first-order valence-corrected chi connectivity index (χ1v) is 8.21. The smallest absolute Gasteiger partial charge is 0.133 e. The summed E-state index contributed by atoms with van der Waals surface area (Å²) in [5.41, 5.74) is 0. The van der Waals surface area contributed by atoms with Gasteiger partial charge in [0.1, 0.15) is 12.4 Å². The first-order chi connectivity index (χ1) is 9.58. The maximum atomic E-state index is 10.0. The van der Waals surface area contributed by atoms with Crippen molar-refractivity contribution >= 4 is 27.5 Å². The third-order valence-electron chi connectivity index (χ3n) is 3.86. The van der Waals surface area contributed by atoms with Gasteiger partial charge in [0.15, 0.2) is 0 Å². The van der Waals surface area contributed by atoms with E-state index >= 15 is 0 Å². The molecule has 1 aromatic rings. The largest absolute Gasteiger partial charge is 0.491 e. The highest BCUT2D eigenvalue weighted by Gasteiger charge is 2.26. The maximum absolute atomic E-state index is 10.0. The van der Waals surface area contributed by atoms with Crippen molar-refractivity contribution in [1.29, 1.82) is 0 Å². The fourth-order valence-electron chi connectivity index (χ4n) is 2.66. The number of hydrogen-bond donors (Lipinski definition) is 1. The van der Waals surface area contributed by atoms with Gasteiger partial charge >= 0.3 is 0 Å². The molecule has 1 aliphatic carbocycles.